The summed E-state index contributed by atoms with van der Waals surface area (Å²) >= 11 is 0. The van der Waals surface area contributed by atoms with Gasteiger partial charge in [-0.25, -0.2) is 0 Å². The zero-order valence-electron chi connectivity index (χ0n) is 10.9. The van der Waals surface area contributed by atoms with E-state index in [4.69, 9.17) is 0 Å². The minimum atomic E-state index is 0.537. The third-order valence-corrected chi connectivity index (χ3v) is 2.95. The second-order valence-corrected chi connectivity index (χ2v) is 4.64. The molecule has 0 saturated heterocycles. The number of hydrogen-bond donors (Lipinski definition) is 1. The predicted octanol–water partition coefficient (Wildman–Crippen LogP) is 2.60. The summed E-state index contributed by atoms with van der Waals surface area (Å²) in [4.78, 5) is 0. The SMILES string of the molecule is CCn1nc(CCNC(C)C)c2ccccc21. The van der Waals surface area contributed by atoms with Crippen LogP contribution in [0.4, 0.5) is 0 Å². The van der Waals surface area contributed by atoms with Gasteiger partial charge >= 0.3 is 0 Å². The van der Waals surface area contributed by atoms with Gasteiger partial charge in [-0.1, -0.05) is 32.0 Å². The smallest absolute Gasteiger partial charge is 0.0716 e. The van der Waals surface area contributed by atoms with Crippen molar-refractivity contribution < 1.29 is 0 Å². The van der Waals surface area contributed by atoms with Crippen molar-refractivity contribution in [3.05, 3.63) is 30.0 Å². The quantitative estimate of drug-likeness (QED) is 0.857. The molecule has 1 aromatic heterocycles. The highest BCUT2D eigenvalue weighted by Crippen LogP contribution is 2.18. The van der Waals surface area contributed by atoms with Crippen LogP contribution < -0.4 is 5.32 Å². The fourth-order valence-corrected chi connectivity index (χ4v) is 2.10. The van der Waals surface area contributed by atoms with Crippen LogP contribution in [0.2, 0.25) is 0 Å². The molecule has 2 rings (SSSR count). The van der Waals surface area contributed by atoms with Gasteiger partial charge in [-0.2, -0.15) is 5.10 Å². The fraction of sp³-hybridized carbons (Fsp3) is 0.500. The molecule has 0 spiro atoms. The van der Waals surface area contributed by atoms with Crippen molar-refractivity contribution >= 4 is 10.9 Å². The predicted molar refractivity (Wildman–Crippen MR) is 72.2 cm³/mol. The minimum absolute atomic E-state index is 0.537. The van der Waals surface area contributed by atoms with E-state index in [2.05, 4.69) is 60.1 Å². The molecule has 0 radical (unpaired) electrons. The summed E-state index contributed by atoms with van der Waals surface area (Å²) < 4.78 is 2.08. The summed E-state index contributed by atoms with van der Waals surface area (Å²) in [6, 6.07) is 9.01. The van der Waals surface area contributed by atoms with Gasteiger partial charge in [-0.05, 0) is 13.0 Å². The Bertz CT molecular complexity index is 485. The van der Waals surface area contributed by atoms with Crippen molar-refractivity contribution in [3.8, 4) is 0 Å². The van der Waals surface area contributed by atoms with Crippen LogP contribution in [0.1, 0.15) is 26.5 Å². The van der Waals surface area contributed by atoms with Gasteiger partial charge in [0.1, 0.15) is 0 Å². The van der Waals surface area contributed by atoms with Crippen LogP contribution in [0.3, 0.4) is 0 Å². The van der Waals surface area contributed by atoms with E-state index in [9.17, 15) is 0 Å². The lowest BCUT2D eigenvalue weighted by Crippen LogP contribution is -2.25. The van der Waals surface area contributed by atoms with Gasteiger partial charge < -0.3 is 5.32 Å². The van der Waals surface area contributed by atoms with E-state index in [0.717, 1.165) is 19.5 Å². The molecular formula is C14H21N3. The number of para-hydroxylation sites is 1. The molecule has 0 unspecified atom stereocenters. The molecule has 3 heteroatoms. The number of rotatable bonds is 5. The van der Waals surface area contributed by atoms with E-state index >= 15 is 0 Å². The first kappa shape index (κ1) is 12.1. The molecule has 2 aromatic rings. The Morgan fingerprint density at radius 2 is 2.06 bits per heavy atom. The van der Waals surface area contributed by atoms with Gasteiger partial charge in [-0.15, -0.1) is 0 Å². The standard InChI is InChI=1S/C14H21N3/c1-4-17-14-8-6-5-7-12(14)13(16-17)9-10-15-11(2)3/h5-8,11,15H,4,9-10H2,1-3H3. The molecule has 0 fully saturated rings. The number of aryl methyl sites for hydroxylation is 1. The Morgan fingerprint density at radius 1 is 1.29 bits per heavy atom. The van der Waals surface area contributed by atoms with Crippen LogP contribution in [-0.2, 0) is 13.0 Å². The lowest BCUT2D eigenvalue weighted by Gasteiger charge is -2.06. The van der Waals surface area contributed by atoms with Gasteiger partial charge in [0.15, 0.2) is 0 Å². The molecule has 0 aliphatic rings. The third-order valence-electron chi connectivity index (χ3n) is 2.95. The Balaban J connectivity index is 2.22. The molecule has 0 atom stereocenters. The summed E-state index contributed by atoms with van der Waals surface area (Å²) in [5.74, 6) is 0. The van der Waals surface area contributed by atoms with E-state index in [-0.39, 0.29) is 0 Å². The monoisotopic (exact) mass is 231 g/mol. The van der Waals surface area contributed by atoms with Crippen molar-refractivity contribution in [1.82, 2.24) is 15.1 Å². The molecular weight excluding hydrogens is 210 g/mol. The first-order valence-electron chi connectivity index (χ1n) is 6.40. The fourth-order valence-electron chi connectivity index (χ4n) is 2.10. The van der Waals surface area contributed by atoms with Crippen molar-refractivity contribution in [2.45, 2.75) is 39.8 Å². The van der Waals surface area contributed by atoms with Crippen LogP contribution in [-0.4, -0.2) is 22.4 Å². The number of hydrogen-bond acceptors (Lipinski definition) is 2. The largest absolute Gasteiger partial charge is 0.314 e. The van der Waals surface area contributed by atoms with Crippen molar-refractivity contribution in [3.63, 3.8) is 0 Å². The second kappa shape index (κ2) is 5.32. The van der Waals surface area contributed by atoms with E-state index in [1.807, 2.05) is 0 Å². The van der Waals surface area contributed by atoms with Crippen LogP contribution >= 0.6 is 0 Å². The van der Waals surface area contributed by atoms with Gasteiger partial charge in [0, 0.05) is 30.9 Å². The van der Waals surface area contributed by atoms with E-state index < -0.39 is 0 Å². The maximum atomic E-state index is 4.68. The van der Waals surface area contributed by atoms with Crippen molar-refractivity contribution in [2.24, 2.45) is 0 Å². The second-order valence-electron chi connectivity index (χ2n) is 4.64. The molecule has 3 nitrogen and oxygen atoms in total. The highest BCUT2D eigenvalue weighted by atomic mass is 15.3. The minimum Gasteiger partial charge on any atom is -0.314 e. The summed E-state index contributed by atoms with van der Waals surface area (Å²) in [6.07, 6.45) is 0.992. The molecule has 1 heterocycles. The van der Waals surface area contributed by atoms with Gasteiger partial charge in [0.2, 0.25) is 0 Å². The van der Waals surface area contributed by atoms with Gasteiger partial charge in [0.25, 0.3) is 0 Å². The number of fused-ring (bicyclic) bond motifs is 1. The molecule has 0 aliphatic carbocycles. The Kier molecular flexibility index (Phi) is 3.79. The molecule has 92 valence electrons. The summed E-state index contributed by atoms with van der Waals surface area (Å²) in [6.45, 7) is 8.39. The van der Waals surface area contributed by atoms with Gasteiger partial charge in [-0.3, -0.25) is 4.68 Å². The molecule has 0 saturated carbocycles. The zero-order valence-corrected chi connectivity index (χ0v) is 10.9. The topological polar surface area (TPSA) is 29.9 Å². The normalized spacial score (nSPS) is 11.5. The highest BCUT2D eigenvalue weighted by molar-refractivity contribution is 5.81. The van der Waals surface area contributed by atoms with Crippen molar-refractivity contribution in [1.29, 1.82) is 0 Å². The third kappa shape index (κ3) is 2.67. The number of benzene rings is 1. The van der Waals surface area contributed by atoms with Crippen LogP contribution in [0, 0.1) is 0 Å². The maximum absolute atomic E-state index is 4.68. The number of aromatic nitrogens is 2. The molecule has 0 amide bonds. The number of nitrogens with zero attached hydrogens (tertiary/aromatic N) is 2. The van der Waals surface area contributed by atoms with Crippen molar-refractivity contribution in [2.75, 3.05) is 6.54 Å². The first-order chi connectivity index (χ1) is 8.22. The molecule has 0 bridgehead atoms. The van der Waals surface area contributed by atoms with E-state index in [0.29, 0.717) is 6.04 Å². The molecule has 0 aliphatic heterocycles. The van der Waals surface area contributed by atoms with Crippen LogP contribution in [0.25, 0.3) is 10.9 Å². The lowest BCUT2D eigenvalue weighted by molar-refractivity contribution is 0.581. The van der Waals surface area contributed by atoms with E-state index in [1.54, 1.807) is 0 Å². The first-order valence-corrected chi connectivity index (χ1v) is 6.40. The van der Waals surface area contributed by atoms with Crippen LogP contribution in [0.5, 0.6) is 0 Å². The highest BCUT2D eigenvalue weighted by Gasteiger charge is 2.08. The Labute approximate surface area is 103 Å². The zero-order chi connectivity index (χ0) is 12.3. The maximum Gasteiger partial charge on any atom is 0.0716 e. The Morgan fingerprint density at radius 3 is 2.76 bits per heavy atom. The Hall–Kier alpha value is -1.35. The van der Waals surface area contributed by atoms with E-state index in [1.165, 1.54) is 16.6 Å². The molecule has 17 heavy (non-hydrogen) atoms. The molecule has 1 aromatic carbocycles. The average Bonchev–Trinajstić information content (AvgIpc) is 2.68. The number of nitrogens with one attached hydrogen (secondary N) is 1. The summed E-state index contributed by atoms with van der Waals surface area (Å²) in [5, 5.41) is 9.41. The average molecular weight is 231 g/mol. The van der Waals surface area contributed by atoms with Crippen LogP contribution in [0.15, 0.2) is 24.3 Å². The summed E-state index contributed by atoms with van der Waals surface area (Å²) in [5.41, 5.74) is 2.45. The lowest BCUT2D eigenvalue weighted by atomic mass is 10.1. The van der Waals surface area contributed by atoms with Gasteiger partial charge in [0.05, 0.1) is 11.2 Å². The molecule has 1 N–H and O–H groups in total. The summed E-state index contributed by atoms with van der Waals surface area (Å²) in [7, 11) is 0.